The van der Waals surface area contributed by atoms with E-state index in [4.69, 9.17) is 5.73 Å². The summed E-state index contributed by atoms with van der Waals surface area (Å²) in [6, 6.07) is 6.02. The molecule has 0 aliphatic rings. The molecule has 0 bridgehead atoms. The van der Waals surface area contributed by atoms with Crippen molar-refractivity contribution in [3.05, 3.63) is 34.4 Å². The first kappa shape index (κ1) is 15.1. The Morgan fingerprint density at radius 3 is 2.47 bits per heavy atom. The molecule has 1 atom stereocenters. The van der Waals surface area contributed by atoms with Crippen molar-refractivity contribution < 1.29 is 9.72 Å². The van der Waals surface area contributed by atoms with Gasteiger partial charge in [-0.05, 0) is 31.9 Å². The first-order valence-electron chi connectivity index (χ1n) is 6.18. The SMILES string of the molecule is CC(N)CCCC(=O)N(C)c1ccc([N+](=O)[O-])cc1. The van der Waals surface area contributed by atoms with Crippen molar-refractivity contribution in [1.82, 2.24) is 0 Å². The molecule has 0 aliphatic heterocycles. The summed E-state index contributed by atoms with van der Waals surface area (Å²) in [6.07, 6.45) is 1.97. The number of anilines is 1. The van der Waals surface area contributed by atoms with Crippen LogP contribution in [0.15, 0.2) is 24.3 Å². The minimum absolute atomic E-state index is 0.0153. The highest BCUT2D eigenvalue weighted by molar-refractivity contribution is 5.92. The average molecular weight is 265 g/mol. The molecule has 1 aromatic carbocycles. The van der Waals surface area contributed by atoms with E-state index < -0.39 is 4.92 Å². The van der Waals surface area contributed by atoms with Crippen molar-refractivity contribution in [2.45, 2.75) is 32.2 Å². The van der Waals surface area contributed by atoms with E-state index in [9.17, 15) is 14.9 Å². The van der Waals surface area contributed by atoms with E-state index in [1.807, 2.05) is 6.92 Å². The summed E-state index contributed by atoms with van der Waals surface area (Å²) in [5, 5.41) is 10.5. The molecule has 0 heterocycles. The number of nitro groups is 1. The minimum atomic E-state index is -0.464. The molecule has 1 amide bonds. The molecule has 6 heteroatoms. The number of nitro benzene ring substituents is 1. The van der Waals surface area contributed by atoms with Gasteiger partial charge < -0.3 is 10.6 Å². The van der Waals surface area contributed by atoms with Gasteiger partial charge in [-0.2, -0.15) is 0 Å². The molecule has 19 heavy (non-hydrogen) atoms. The molecule has 0 aliphatic carbocycles. The predicted octanol–water partition coefficient (Wildman–Crippen LogP) is 2.08. The molecule has 1 rings (SSSR count). The Hall–Kier alpha value is -1.95. The molecule has 0 spiro atoms. The van der Waals surface area contributed by atoms with Crippen LogP contribution in [0.4, 0.5) is 11.4 Å². The van der Waals surface area contributed by atoms with E-state index >= 15 is 0 Å². The van der Waals surface area contributed by atoms with Crippen LogP contribution >= 0.6 is 0 Å². The molecule has 1 unspecified atom stereocenters. The number of hydrogen-bond donors (Lipinski definition) is 1. The van der Waals surface area contributed by atoms with Crippen molar-refractivity contribution in [3.63, 3.8) is 0 Å². The number of non-ortho nitro benzene ring substituents is 1. The van der Waals surface area contributed by atoms with Crippen molar-refractivity contribution in [2.24, 2.45) is 5.73 Å². The third-order valence-corrected chi connectivity index (χ3v) is 2.87. The largest absolute Gasteiger partial charge is 0.328 e. The molecule has 2 N–H and O–H groups in total. The lowest BCUT2D eigenvalue weighted by Gasteiger charge is -2.17. The molecule has 6 nitrogen and oxygen atoms in total. The van der Waals surface area contributed by atoms with Crippen molar-refractivity contribution >= 4 is 17.3 Å². The van der Waals surface area contributed by atoms with Gasteiger partial charge in [0.15, 0.2) is 0 Å². The topological polar surface area (TPSA) is 89.5 Å². The monoisotopic (exact) mass is 265 g/mol. The lowest BCUT2D eigenvalue weighted by atomic mass is 10.1. The molecule has 0 saturated carbocycles. The van der Waals surface area contributed by atoms with E-state index in [0.29, 0.717) is 12.1 Å². The number of nitrogens with zero attached hydrogens (tertiary/aromatic N) is 2. The fourth-order valence-electron chi connectivity index (χ4n) is 1.68. The lowest BCUT2D eigenvalue weighted by Crippen LogP contribution is -2.26. The second-order valence-electron chi connectivity index (χ2n) is 4.60. The standard InChI is InChI=1S/C13H19N3O3/c1-10(14)4-3-5-13(17)15(2)11-6-8-12(9-7-11)16(18)19/h6-10H,3-5,14H2,1-2H3. The van der Waals surface area contributed by atoms with E-state index in [1.165, 1.54) is 17.0 Å². The Labute approximate surface area is 112 Å². The summed E-state index contributed by atoms with van der Waals surface area (Å²) in [5.74, 6) is -0.0190. The summed E-state index contributed by atoms with van der Waals surface area (Å²) < 4.78 is 0. The predicted molar refractivity (Wildman–Crippen MR) is 74.0 cm³/mol. The molecule has 0 radical (unpaired) electrons. The van der Waals surface area contributed by atoms with E-state index in [1.54, 1.807) is 19.2 Å². The maximum absolute atomic E-state index is 11.9. The fourth-order valence-corrected chi connectivity index (χ4v) is 1.68. The number of benzene rings is 1. The zero-order chi connectivity index (χ0) is 14.4. The maximum Gasteiger partial charge on any atom is 0.269 e. The van der Waals surface area contributed by atoms with Crippen LogP contribution in [0.25, 0.3) is 0 Å². The quantitative estimate of drug-likeness (QED) is 0.629. The van der Waals surface area contributed by atoms with Crippen LogP contribution in [0.2, 0.25) is 0 Å². The van der Waals surface area contributed by atoms with E-state index in [2.05, 4.69) is 0 Å². The Bertz CT molecular complexity index is 443. The van der Waals surface area contributed by atoms with Gasteiger partial charge in [-0.1, -0.05) is 0 Å². The number of rotatable bonds is 6. The zero-order valence-corrected chi connectivity index (χ0v) is 11.2. The van der Waals surface area contributed by atoms with Crippen molar-refractivity contribution in [1.29, 1.82) is 0 Å². The third-order valence-electron chi connectivity index (χ3n) is 2.87. The van der Waals surface area contributed by atoms with Gasteiger partial charge in [0.05, 0.1) is 4.92 Å². The number of amides is 1. The number of hydrogen-bond acceptors (Lipinski definition) is 4. The fraction of sp³-hybridized carbons (Fsp3) is 0.462. The van der Waals surface area contributed by atoms with Crippen LogP contribution in [-0.4, -0.2) is 23.9 Å². The summed E-state index contributed by atoms with van der Waals surface area (Å²) in [5.41, 5.74) is 6.29. The Balaban J connectivity index is 2.58. The van der Waals surface area contributed by atoms with Gasteiger partial charge in [0.1, 0.15) is 0 Å². The van der Waals surface area contributed by atoms with Crippen molar-refractivity contribution in [2.75, 3.05) is 11.9 Å². The smallest absolute Gasteiger partial charge is 0.269 e. The zero-order valence-electron chi connectivity index (χ0n) is 11.2. The number of carbonyl (C=O) groups excluding carboxylic acids is 1. The molecule has 1 aromatic rings. The molecular weight excluding hydrogens is 246 g/mol. The molecule has 0 fully saturated rings. The van der Waals surface area contributed by atoms with Gasteiger partial charge in [-0.3, -0.25) is 14.9 Å². The van der Waals surface area contributed by atoms with E-state index in [0.717, 1.165) is 12.8 Å². The van der Waals surface area contributed by atoms with Crippen molar-refractivity contribution in [3.8, 4) is 0 Å². The third kappa shape index (κ3) is 4.67. The van der Waals surface area contributed by atoms with Crippen LogP contribution in [-0.2, 0) is 4.79 Å². The second kappa shape index (κ2) is 6.84. The molecule has 0 saturated heterocycles. The van der Waals surface area contributed by atoms with Crippen LogP contribution in [0.5, 0.6) is 0 Å². The first-order valence-corrected chi connectivity index (χ1v) is 6.18. The van der Waals surface area contributed by atoms with Crippen LogP contribution in [0.1, 0.15) is 26.2 Å². The van der Waals surface area contributed by atoms with Gasteiger partial charge in [0, 0.05) is 37.3 Å². The Morgan fingerprint density at radius 1 is 1.42 bits per heavy atom. The minimum Gasteiger partial charge on any atom is -0.328 e. The van der Waals surface area contributed by atoms with Gasteiger partial charge in [-0.25, -0.2) is 0 Å². The summed E-state index contributed by atoms with van der Waals surface area (Å²) in [4.78, 5) is 23.5. The number of carbonyl (C=O) groups is 1. The number of nitrogens with two attached hydrogens (primary N) is 1. The van der Waals surface area contributed by atoms with Gasteiger partial charge in [0.2, 0.25) is 5.91 Å². The first-order chi connectivity index (χ1) is 8.91. The van der Waals surface area contributed by atoms with Crippen LogP contribution in [0, 0.1) is 10.1 Å². The van der Waals surface area contributed by atoms with E-state index in [-0.39, 0.29) is 17.6 Å². The maximum atomic E-state index is 11.9. The van der Waals surface area contributed by atoms with Gasteiger partial charge in [-0.15, -0.1) is 0 Å². The molecular formula is C13H19N3O3. The Morgan fingerprint density at radius 2 is 2.00 bits per heavy atom. The highest BCUT2D eigenvalue weighted by atomic mass is 16.6. The highest BCUT2D eigenvalue weighted by Gasteiger charge is 2.12. The average Bonchev–Trinajstić information content (AvgIpc) is 2.37. The normalized spacial score (nSPS) is 11.9. The summed E-state index contributed by atoms with van der Waals surface area (Å²) in [6.45, 7) is 1.91. The van der Waals surface area contributed by atoms with Gasteiger partial charge in [0.25, 0.3) is 5.69 Å². The molecule has 104 valence electrons. The summed E-state index contributed by atoms with van der Waals surface area (Å²) >= 11 is 0. The lowest BCUT2D eigenvalue weighted by molar-refractivity contribution is -0.384. The summed E-state index contributed by atoms with van der Waals surface area (Å²) in [7, 11) is 1.66. The Kier molecular flexibility index (Phi) is 5.44. The van der Waals surface area contributed by atoms with Crippen LogP contribution < -0.4 is 10.6 Å². The second-order valence-corrected chi connectivity index (χ2v) is 4.60. The van der Waals surface area contributed by atoms with Crippen LogP contribution in [0.3, 0.4) is 0 Å². The highest BCUT2D eigenvalue weighted by Crippen LogP contribution is 2.19. The van der Waals surface area contributed by atoms with Gasteiger partial charge >= 0.3 is 0 Å². The molecule has 0 aromatic heterocycles.